The minimum atomic E-state index is 0.0185. The zero-order valence-corrected chi connectivity index (χ0v) is 8.16. The van der Waals surface area contributed by atoms with Gasteiger partial charge in [-0.1, -0.05) is 17.2 Å². The highest BCUT2D eigenvalue weighted by atomic mass is 16.4. The topological polar surface area (TPSA) is 90.7 Å². The molecule has 0 saturated heterocycles. The summed E-state index contributed by atoms with van der Waals surface area (Å²) in [6, 6.07) is 7.56. The smallest absolute Gasteiger partial charge is 0.313 e. The molecule has 6 heteroatoms. The van der Waals surface area contributed by atoms with E-state index in [0.29, 0.717) is 5.69 Å². The Balaban J connectivity index is 2.18. The predicted octanol–water partition coefficient (Wildman–Crippen LogP) is 1.26. The van der Waals surface area contributed by atoms with Crippen LogP contribution in [0.4, 0.5) is 6.01 Å². The Hall–Kier alpha value is -2.50. The van der Waals surface area contributed by atoms with Gasteiger partial charge in [-0.15, -0.1) is 5.10 Å². The average Bonchev–Trinajstić information content (AvgIpc) is 2.75. The fraction of sp³-hybridized carbons (Fsp3) is 0. The Labute approximate surface area is 90.2 Å². The number of nitrogens with two attached hydrogens (primary N) is 1. The molecule has 2 heterocycles. The molecule has 3 aromatic rings. The molecule has 78 valence electrons. The zero-order chi connectivity index (χ0) is 11.0. The highest BCUT2D eigenvalue weighted by molar-refractivity contribution is 5.75. The maximum Gasteiger partial charge on any atom is 0.313 e. The van der Waals surface area contributed by atoms with E-state index < -0.39 is 0 Å². The van der Waals surface area contributed by atoms with Crippen LogP contribution in [0.25, 0.3) is 22.6 Å². The number of hydrogen-bond acceptors (Lipinski definition) is 6. The van der Waals surface area contributed by atoms with Gasteiger partial charge in [-0.2, -0.15) is 0 Å². The second kappa shape index (κ2) is 3.27. The molecular weight excluding hydrogens is 206 g/mol. The van der Waals surface area contributed by atoms with Crippen molar-refractivity contribution in [2.24, 2.45) is 0 Å². The van der Waals surface area contributed by atoms with Crippen molar-refractivity contribution in [1.82, 2.24) is 20.2 Å². The van der Waals surface area contributed by atoms with E-state index in [2.05, 4.69) is 20.2 Å². The average molecular weight is 213 g/mol. The predicted molar refractivity (Wildman–Crippen MR) is 57.2 cm³/mol. The summed E-state index contributed by atoms with van der Waals surface area (Å²) in [7, 11) is 0. The van der Waals surface area contributed by atoms with Gasteiger partial charge >= 0.3 is 6.01 Å². The maximum absolute atomic E-state index is 5.34. The molecule has 2 aromatic heterocycles. The summed E-state index contributed by atoms with van der Waals surface area (Å²) in [6.07, 6.45) is 1.58. The van der Waals surface area contributed by atoms with Crippen LogP contribution in [0.5, 0.6) is 0 Å². The monoisotopic (exact) mass is 213 g/mol. The van der Waals surface area contributed by atoms with Gasteiger partial charge in [-0.05, 0) is 12.1 Å². The lowest BCUT2D eigenvalue weighted by molar-refractivity contribution is 0.587. The molecule has 0 bridgehead atoms. The van der Waals surface area contributed by atoms with Gasteiger partial charge in [0.15, 0.2) is 0 Å². The Morgan fingerprint density at radius 3 is 2.62 bits per heavy atom. The number of rotatable bonds is 1. The van der Waals surface area contributed by atoms with Crippen molar-refractivity contribution in [3.63, 3.8) is 0 Å². The number of benzene rings is 1. The van der Waals surface area contributed by atoms with Crippen molar-refractivity contribution in [3.05, 3.63) is 30.5 Å². The first-order valence-corrected chi connectivity index (χ1v) is 4.64. The van der Waals surface area contributed by atoms with Crippen LogP contribution in [-0.2, 0) is 0 Å². The van der Waals surface area contributed by atoms with Crippen LogP contribution in [0, 0.1) is 0 Å². The van der Waals surface area contributed by atoms with Crippen LogP contribution in [0.3, 0.4) is 0 Å². The number of aromatic nitrogens is 4. The number of nitrogens with zero attached hydrogens (tertiary/aromatic N) is 4. The lowest BCUT2D eigenvalue weighted by Crippen LogP contribution is -1.88. The van der Waals surface area contributed by atoms with Crippen LogP contribution in [0.2, 0.25) is 0 Å². The van der Waals surface area contributed by atoms with E-state index in [1.54, 1.807) is 6.20 Å². The van der Waals surface area contributed by atoms with E-state index in [4.69, 9.17) is 10.2 Å². The van der Waals surface area contributed by atoms with Crippen LogP contribution in [0.1, 0.15) is 0 Å². The van der Waals surface area contributed by atoms with Crippen molar-refractivity contribution in [2.45, 2.75) is 0 Å². The minimum Gasteiger partial charge on any atom is -0.402 e. The lowest BCUT2D eigenvalue weighted by Gasteiger charge is -1.97. The van der Waals surface area contributed by atoms with E-state index in [1.165, 1.54) is 0 Å². The highest BCUT2D eigenvalue weighted by Crippen LogP contribution is 2.17. The third-order valence-corrected chi connectivity index (χ3v) is 2.11. The fourth-order valence-electron chi connectivity index (χ4n) is 1.40. The van der Waals surface area contributed by atoms with Gasteiger partial charge < -0.3 is 10.2 Å². The molecule has 0 atom stereocenters. The van der Waals surface area contributed by atoms with E-state index in [0.717, 1.165) is 11.0 Å². The molecule has 0 unspecified atom stereocenters. The molecule has 1 aromatic carbocycles. The van der Waals surface area contributed by atoms with Gasteiger partial charge in [0.05, 0.1) is 17.2 Å². The second-order valence-electron chi connectivity index (χ2n) is 3.19. The quantitative estimate of drug-likeness (QED) is 0.654. The summed E-state index contributed by atoms with van der Waals surface area (Å²) >= 11 is 0. The first-order chi connectivity index (χ1) is 7.83. The summed E-state index contributed by atoms with van der Waals surface area (Å²) in [5.41, 5.74) is 7.45. The van der Waals surface area contributed by atoms with Crippen molar-refractivity contribution >= 4 is 17.0 Å². The summed E-state index contributed by atoms with van der Waals surface area (Å²) < 4.78 is 5.07. The van der Waals surface area contributed by atoms with Crippen molar-refractivity contribution in [2.75, 3.05) is 5.73 Å². The van der Waals surface area contributed by atoms with E-state index in [1.807, 2.05) is 24.3 Å². The van der Waals surface area contributed by atoms with E-state index >= 15 is 0 Å². The maximum atomic E-state index is 5.34. The van der Waals surface area contributed by atoms with Gasteiger partial charge in [0.2, 0.25) is 0 Å². The Bertz CT molecular complexity index is 648. The largest absolute Gasteiger partial charge is 0.402 e. The molecule has 0 aliphatic carbocycles. The van der Waals surface area contributed by atoms with E-state index in [9.17, 15) is 0 Å². The zero-order valence-electron chi connectivity index (χ0n) is 8.16. The SMILES string of the molecule is Nc1nnc(-c2cnc3ccccc3n2)o1. The van der Waals surface area contributed by atoms with Gasteiger partial charge in [0.1, 0.15) is 5.69 Å². The Morgan fingerprint density at radius 2 is 1.88 bits per heavy atom. The first kappa shape index (κ1) is 8.78. The van der Waals surface area contributed by atoms with Crippen LogP contribution in [-0.4, -0.2) is 20.2 Å². The Morgan fingerprint density at radius 1 is 1.06 bits per heavy atom. The van der Waals surface area contributed by atoms with Crippen LogP contribution in [0.15, 0.2) is 34.9 Å². The number of nitrogen functional groups attached to an aromatic ring is 1. The molecule has 0 amide bonds. The molecule has 0 aliphatic rings. The third-order valence-electron chi connectivity index (χ3n) is 2.11. The van der Waals surface area contributed by atoms with Gasteiger partial charge in [-0.3, -0.25) is 4.98 Å². The Kier molecular flexibility index (Phi) is 1.79. The van der Waals surface area contributed by atoms with Crippen molar-refractivity contribution < 1.29 is 4.42 Å². The molecule has 0 aliphatic heterocycles. The minimum absolute atomic E-state index is 0.0185. The number of anilines is 1. The van der Waals surface area contributed by atoms with Gasteiger partial charge in [0, 0.05) is 0 Å². The van der Waals surface area contributed by atoms with E-state index in [-0.39, 0.29) is 11.9 Å². The lowest BCUT2D eigenvalue weighted by atomic mass is 10.3. The molecule has 16 heavy (non-hydrogen) atoms. The first-order valence-electron chi connectivity index (χ1n) is 4.64. The second-order valence-corrected chi connectivity index (χ2v) is 3.19. The molecule has 2 N–H and O–H groups in total. The molecule has 3 rings (SSSR count). The van der Waals surface area contributed by atoms with Crippen molar-refractivity contribution in [3.8, 4) is 11.6 Å². The summed E-state index contributed by atoms with van der Waals surface area (Å²) in [6.45, 7) is 0. The molecule has 6 nitrogen and oxygen atoms in total. The molecule has 0 spiro atoms. The summed E-state index contributed by atoms with van der Waals surface area (Å²) in [4.78, 5) is 8.58. The van der Waals surface area contributed by atoms with Crippen molar-refractivity contribution in [1.29, 1.82) is 0 Å². The fourth-order valence-corrected chi connectivity index (χ4v) is 1.40. The highest BCUT2D eigenvalue weighted by Gasteiger charge is 2.08. The molecular formula is C10H7N5O. The van der Waals surface area contributed by atoms with Crippen LogP contribution < -0.4 is 5.73 Å². The summed E-state index contributed by atoms with van der Waals surface area (Å²) in [5, 5.41) is 7.32. The molecule has 0 saturated carbocycles. The molecule has 0 radical (unpaired) electrons. The van der Waals surface area contributed by atoms with Gasteiger partial charge in [0.25, 0.3) is 5.89 Å². The third kappa shape index (κ3) is 1.36. The van der Waals surface area contributed by atoms with Crippen LogP contribution >= 0.6 is 0 Å². The standard InChI is InChI=1S/C10H7N5O/c11-10-15-14-9(16-10)8-5-12-6-3-1-2-4-7(6)13-8/h1-5H,(H2,11,15). The normalized spacial score (nSPS) is 10.8. The van der Waals surface area contributed by atoms with Gasteiger partial charge in [-0.25, -0.2) is 4.98 Å². The number of para-hydroxylation sites is 2. The summed E-state index contributed by atoms with van der Waals surface area (Å²) in [5.74, 6) is 0.274. The number of hydrogen-bond donors (Lipinski definition) is 1. The number of fused-ring (bicyclic) bond motifs is 1. The molecule has 0 fully saturated rings.